The molecule has 45 heavy (non-hydrogen) atoms. The van der Waals surface area contributed by atoms with E-state index >= 15 is 0 Å². The summed E-state index contributed by atoms with van der Waals surface area (Å²) in [6, 6.07) is 21.0. The third kappa shape index (κ3) is 7.09. The molecule has 0 spiro atoms. The molecule has 9 heteroatoms. The van der Waals surface area contributed by atoms with Gasteiger partial charge in [0.1, 0.15) is 18.2 Å². The van der Waals surface area contributed by atoms with E-state index in [9.17, 15) is 9.18 Å². The number of hydrogen-bond donors (Lipinski definition) is 0. The second kappa shape index (κ2) is 14.1. The predicted molar refractivity (Wildman–Crippen MR) is 180 cm³/mol. The van der Waals surface area contributed by atoms with Crippen molar-refractivity contribution in [2.24, 2.45) is 5.10 Å². The number of fused-ring (bicyclic) bond motifs is 1. The van der Waals surface area contributed by atoms with Crippen LogP contribution in [-0.2, 0) is 6.61 Å². The fourth-order valence-electron chi connectivity index (χ4n) is 4.97. The quantitative estimate of drug-likeness (QED) is 0.131. The molecule has 0 aliphatic rings. The van der Waals surface area contributed by atoms with Crippen LogP contribution in [0.25, 0.3) is 22.3 Å². The lowest BCUT2D eigenvalue weighted by molar-refractivity contribution is 0.269. The average molecular weight is 673 g/mol. The molecule has 1 aromatic heterocycles. The van der Waals surface area contributed by atoms with Gasteiger partial charge in [-0.05, 0) is 108 Å². The number of benzene rings is 4. The van der Waals surface area contributed by atoms with Gasteiger partial charge in [-0.25, -0.2) is 9.37 Å². The maximum atomic E-state index is 13.9. The summed E-state index contributed by atoms with van der Waals surface area (Å²) < 4.78 is 33.2. The maximum absolute atomic E-state index is 13.9. The molecule has 0 atom stereocenters. The van der Waals surface area contributed by atoms with Gasteiger partial charge >= 0.3 is 0 Å². The standard InChI is InChI=1S/C36H35BrFN3O4/c1-6-43-32-16-23(5)29(18-28(32)22(3)4)35-40-31-11-9-8-10-27(31)36(42)41(35)39-20-25-17-33(44-7-2)34(19-30(25)37)45-21-24-12-14-26(38)15-13-24/h8-20,22H,6-7,21H2,1-5H3. The third-order valence-corrected chi connectivity index (χ3v) is 7.94. The Morgan fingerprint density at radius 2 is 1.62 bits per heavy atom. The highest BCUT2D eigenvalue weighted by Crippen LogP contribution is 2.36. The zero-order chi connectivity index (χ0) is 32.1. The number of nitrogens with zero attached hydrogens (tertiary/aromatic N) is 3. The van der Waals surface area contributed by atoms with Crippen molar-refractivity contribution in [2.45, 2.75) is 47.1 Å². The van der Waals surface area contributed by atoms with E-state index < -0.39 is 0 Å². The summed E-state index contributed by atoms with van der Waals surface area (Å²) in [7, 11) is 0. The molecule has 4 aromatic carbocycles. The number of aromatic nitrogens is 2. The minimum atomic E-state index is -0.304. The van der Waals surface area contributed by atoms with Crippen LogP contribution in [0.4, 0.5) is 4.39 Å². The Hall–Kier alpha value is -4.50. The van der Waals surface area contributed by atoms with Crippen LogP contribution in [0.3, 0.4) is 0 Å². The predicted octanol–water partition coefficient (Wildman–Crippen LogP) is 8.66. The van der Waals surface area contributed by atoms with Gasteiger partial charge in [-0.15, -0.1) is 0 Å². The van der Waals surface area contributed by atoms with Gasteiger partial charge in [0.25, 0.3) is 5.56 Å². The molecule has 232 valence electrons. The number of para-hydroxylation sites is 1. The highest BCUT2D eigenvalue weighted by atomic mass is 79.9. The van der Waals surface area contributed by atoms with Crippen molar-refractivity contribution < 1.29 is 18.6 Å². The molecule has 5 aromatic rings. The first-order chi connectivity index (χ1) is 21.7. The van der Waals surface area contributed by atoms with Crippen LogP contribution in [0.15, 0.2) is 87.2 Å². The van der Waals surface area contributed by atoms with Crippen LogP contribution in [-0.4, -0.2) is 29.1 Å². The second-order valence-corrected chi connectivity index (χ2v) is 11.6. The van der Waals surface area contributed by atoms with Gasteiger partial charge in [0.15, 0.2) is 17.3 Å². The summed E-state index contributed by atoms with van der Waals surface area (Å²) in [5.41, 5.74) is 4.52. The topological polar surface area (TPSA) is 74.9 Å². The van der Waals surface area contributed by atoms with Crippen LogP contribution in [0, 0.1) is 12.7 Å². The van der Waals surface area contributed by atoms with E-state index in [1.54, 1.807) is 36.5 Å². The van der Waals surface area contributed by atoms with E-state index in [-0.39, 0.29) is 23.9 Å². The number of rotatable bonds is 11. The van der Waals surface area contributed by atoms with E-state index in [4.69, 9.17) is 24.3 Å². The zero-order valence-corrected chi connectivity index (χ0v) is 27.5. The SMILES string of the molecule is CCOc1cc(C=Nn2c(-c3cc(C(C)C)c(OCC)cc3C)nc3ccccc3c2=O)c(Br)cc1OCc1ccc(F)cc1. The molecule has 5 rings (SSSR count). The van der Waals surface area contributed by atoms with Crippen molar-refractivity contribution in [2.75, 3.05) is 13.2 Å². The fourth-order valence-corrected chi connectivity index (χ4v) is 5.39. The minimum absolute atomic E-state index is 0.187. The molecule has 0 bridgehead atoms. The summed E-state index contributed by atoms with van der Waals surface area (Å²) in [6.45, 7) is 11.2. The van der Waals surface area contributed by atoms with Gasteiger partial charge in [0.05, 0.1) is 30.3 Å². The van der Waals surface area contributed by atoms with Gasteiger partial charge in [-0.3, -0.25) is 4.79 Å². The summed E-state index contributed by atoms with van der Waals surface area (Å²) in [5, 5.41) is 5.16. The number of hydrogen-bond acceptors (Lipinski definition) is 6. The van der Waals surface area contributed by atoms with E-state index in [0.29, 0.717) is 51.5 Å². The van der Waals surface area contributed by atoms with Crippen LogP contribution in [0.2, 0.25) is 0 Å². The Morgan fingerprint density at radius 1 is 0.933 bits per heavy atom. The van der Waals surface area contributed by atoms with E-state index in [0.717, 1.165) is 28.0 Å². The van der Waals surface area contributed by atoms with Crippen LogP contribution in [0.5, 0.6) is 17.2 Å². The Labute approximate surface area is 270 Å². The number of aryl methyl sites for hydroxylation is 1. The third-order valence-electron chi connectivity index (χ3n) is 7.26. The smallest absolute Gasteiger partial charge is 0.282 e. The minimum Gasteiger partial charge on any atom is -0.494 e. The molecule has 0 saturated carbocycles. The molecule has 0 fully saturated rings. The highest BCUT2D eigenvalue weighted by Gasteiger charge is 2.19. The van der Waals surface area contributed by atoms with Gasteiger partial charge in [0.2, 0.25) is 0 Å². The first-order valence-electron chi connectivity index (χ1n) is 14.9. The largest absolute Gasteiger partial charge is 0.494 e. The van der Waals surface area contributed by atoms with Crippen molar-refractivity contribution in [3.8, 4) is 28.6 Å². The van der Waals surface area contributed by atoms with Crippen molar-refractivity contribution in [3.63, 3.8) is 0 Å². The van der Waals surface area contributed by atoms with Crippen molar-refractivity contribution in [1.29, 1.82) is 0 Å². The van der Waals surface area contributed by atoms with Gasteiger partial charge < -0.3 is 14.2 Å². The van der Waals surface area contributed by atoms with E-state index in [2.05, 4.69) is 29.8 Å². The first kappa shape index (κ1) is 31.9. The van der Waals surface area contributed by atoms with Crippen molar-refractivity contribution in [1.82, 2.24) is 9.66 Å². The Balaban J connectivity index is 1.59. The molecule has 0 aliphatic heterocycles. The van der Waals surface area contributed by atoms with Crippen molar-refractivity contribution >= 4 is 33.0 Å². The van der Waals surface area contributed by atoms with Crippen LogP contribution < -0.4 is 19.8 Å². The number of ether oxygens (including phenoxy) is 3. The first-order valence-corrected chi connectivity index (χ1v) is 15.7. The summed E-state index contributed by atoms with van der Waals surface area (Å²) in [6.07, 6.45) is 1.60. The average Bonchev–Trinajstić information content (AvgIpc) is 3.02. The van der Waals surface area contributed by atoms with E-state index in [1.807, 2.05) is 51.1 Å². The monoisotopic (exact) mass is 671 g/mol. The van der Waals surface area contributed by atoms with Gasteiger partial charge in [-0.1, -0.05) is 38.1 Å². The van der Waals surface area contributed by atoms with Gasteiger partial charge in [0, 0.05) is 15.6 Å². The molecule has 0 saturated heterocycles. The maximum Gasteiger partial charge on any atom is 0.282 e. The molecule has 0 unspecified atom stereocenters. The fraction of sp³-hybridized carbons (Fsp3) is 0.250. The number of halogens is 2. The second-order valence-electron chi connectivity index (χ2n) is 10.8. The molecule has 0 N–H and O–H groups in total. The lowest BCUT2D eigenvalue weighted by Crippen LogP contribution is -2.21. The van der Waals surface area contributed by atoms with E-state index in [1.165, 1.54) is 16.8 Å². The Bertz CT molecular complexity index is 1920. The molecular formula is C36H35BrFN3O4. The summed E-state index contributed by atoms with van der Waals surface area (Å²) >= 11 is 3.63. The van der Waals surface area contributed by atoms with Gasteiger partial charge in [-0.2, -0.15) is 9.78 Å². The van der Waals surface area contributed by atoms with Crippen molar-refractivity contribution in [3.05, 3.63) is 116 Å². The molecule has 0 aliphatic carbocycles. The molecular weight excluding hydrogens is 637 g/mol. The molecule has 0 radical (unpaired) electrons. The lowest BCUT2D eigenvalue weighted by atomic mass is 9.96. The highest BCUT2D eigenvalue weighted by molar-refractivity contribution is 9.10. The van der Waals surface area contributed by atoms with Crippen LogP contribution >= 0.6 is 15.9 Å². The zero-order valence-electron chi connectivity index (χ0n) is 25.9. The summed E-state index contributed by atoms with van der Waals surface area (Å²) in [5.74, 6) is 2.16. The normalized spacial score (nSPS) is 11.5. The molecule has 0 amide bonds. The lowest BCUT2D eigenvalue weighted by Gasteiger charge is -2.18. The van der Waals surface area contributed by atoms with Crippen LogP contribution in [0.1, 0.15) is 55.9 Å². The molecule has 1 heterocycles. The Morgan fingerprint density at radius 3 is 2.33 bits per heavy atom. The summed E-state index contributed by atoms with van der Waals surface area (Å²) in [4.78, 5) is 18.8. The Kier molecular flexibility index (Phi) is 9.98. The molecule has 7 nitrogen and oxygen atoms in total.